The van der Waals surface area contributed by atoms with E-state index in [1.807, 2.05) is 27.7 Å². The van der Waals surface area contributed by atoms with E-state index in [0.29, 0.717) is 25.7 Å². The molecule has 0 aromatic rings. The zero-order valence-corrected chi connectivity index (χ0v) is 11.1. The van der Waals surface area contributed by atoms with Gasteiger partial charge in [-0.25, -0.2) is 0 Å². The molecule has 0 saturated heterocycles. The smallest absolute Gasteiger partial charge is 0.170 e. The summed E-state index contributed by atoms with van der Waals surface area (Å²) in [7, 11) is 0. The first-order chi connectivity index (χ1) is 7.29. The lowest BCUT2D eigenvalue weighted by Gasteiger charge is -2.44. The van der Waals surface area contributed by atoms with Crippen LogP contribution in [0.5, 0.6) is 0 Å². The molecule has 0 bridgehead atoms. The maximum atomic E-state index is 13.4. The minimum absolute atomic E-state index is 0.266. The van der Waals surface area contributed by atoms with E-state index in [2.05, 4.69) is 0 Å². The number of alkyl halides is 3. The van der Waals surface area contributed by atoms with Crippen LogP contribution in [0.1, 0.15) is 60.3 Å². The first kappa shape index (κ1) is 15.8. The van der Waals surface area contributed by atoms with E-state index in [1.165, 1.54) is 6.92 Å². The van der Waals surface area contributed by atoms with Gasteiger partial charge in [0.2, 0.25) is 0 Å². The highest BCUT2D eigenvalue weighted by Crippen LogP contribution is 2.53. The summed E-state index contributed by atoms with van der Waals surface area (Å²) in [5.74, 6) is -0.533. The van der Waals surface area contributed by atoms with E-state index in [4.69, 9.17) is 0 Å². The van der Waals surface area contributed by atoms with E-state index < -0.39 is 11.6 Å². The summed E-state index contributed by atoms with van der Waals surface area (Å²) in [5, 5.41) is 0. The highest BCUT2D eigenvalue weighted by atomic mass is 19.4. The maximum absolute atomic E-state index is 13.4. The van der Waals surface area contributed by atoms with Crippen LogP contribution in [0.3, 0.4) is 0 Å². The van der Waals surface area contributed by atoms with Gasteiger partial charge in [0, 0.05) is 0 Å². The minimum Gasteiger partial charge on any atom is -0.170 e. The molecule has 0 fully saturated rings. The Morgan fingerprint density at radius 1 is 0.750 bits per heavy atom. The molecule has 0 N–H and O–H groups in total. The molecular weight excluding hydrogens is 213 g/mol. The van der Waals surface area contributed by atoms with Crippen molar-refractivity contribution in [2.45, 2.75) is 66.5 Å². The molecule has 0 amide bonds. The molecule has 0 aromatic carbocycles. The van der Waals surface area contributed by atoms with Crippen LogP contribution < -0.4 is 0 Å². The van der Waals surface area contributed by atoms with Gasteiger partial charge < -0.3 is 0 Å². The molecule has 0 unspecified atom stereocenters. The highest BCUT2D eigenvalue weighted by molar-refractivity contribution is 4.92. The van der Waals surface area contributed by atoms with Gasteiger partial charge in [0.15, 0.2) is 0 Å². The average molecular weight is 238 g/mol. The predicted octanol–water partition coefficient (Wildman–Crippen LogP) is 5.43. The Hall–Kier alpha value is -0.210. The first-order valence-electron chi connectivity index (χ1n) is 6.36. The second-order valence-corrected chi connectivity index (χ2v) is 4.81. The van der Waals surface area contributed by atoms with Crippen LogP contribution in [-0.4, -0.2) is 6.18 Å². The van der Waals surface area contributed by atoms with E-state index in [-0.39, 0.29) is 11.8 Å². The summed E-state index contributed by atoms with van der Waals surface area (Å²) in [6.45, 7) is 8.87. The molecule has 0 atom stereocenters. The van der Waals surface area contributed by atoms with Gasteiger partial charge >= 0.3 is 6.18 Å². The van der Waals surface area contributed by atoms with Crippen molar-refractivity contribution in [3.63, 3.8) is 0 Å². The highest BCUT2D eigenvalue weighted by Gasteiger charge is 2.57. The molecule has 0 aliphatic rings. The largest absolute Gasteiger partial charge is 0.394 e. The fraction of sp³-hybridized carbons (Fsp3) is 1.00. The van der Waals surface area contributed by atoms with Crippen molar-refractivity contribution in [2.24, 2.45) is 17.3 Å². The molecule has 3 heteroatoms. The normalized spacial score (nSPS) is 13.9. The Morgan fingerprint density at radius 3 is 1.12 bits per heavy atom. The monoisotopic (exact) mass is 238 g/mol. The summed E-state index contributed by atoms with van der Waals surface area (Å²) in [6, 6.07) is 0. The van der Waals surface area contributed by atoms with Gasteiger partial charge in [-0.3, -0.25) is 0 Å². The van der Waals surface area contributed by atoms with Crippen LogP contribution in [0.2, 0.25) is 0 Å². The molecule has 0 nitrogen and oxygen atoms in total. The summed E-state index contributed by atoms with van der Waals surface area (Å²) >= 11 is 0. The molecule has 0 aromatic heterocycles. The lowest BCUT2D eigenvalue weighted by Crippen LogP contribution is -2.47. The van der Waals surface area contributed by atoms with Gasteiger partial charge in [-0.2, -0.15) is 13.2 Å². The molecule has 98 valence electrons. The van der Waals surface area contributed by atoms with Crippen LogP contribution >= 0.6 is 0 Å². The summed E-state index contributed by atoms with van der Waals surface area (Å²) in [4.78, 5) is 0. The third-order valence-electron chi connectivity index (χ3n) is 4.28. The molecule has 16 heavy (non-hydrogen) atoms. The lowest BCUT2D eigenvalue weighted by atomic mass is 9.63. The van der Waals surface area contributed by atoms with Gasteiger partial charge in [0.25, 0.3) is 0 Å². The molecule has 0 heterocycles. The second kappa shape index (κ2) is 5.92. The molecule has 0 aliphatic carbocycles. The quantitative estimate of drug-likeness (QED) is 0.579. The summed E-state index contributed by atoms with van der Waals surface area (Å²) < 4.78 is 40.1. The minimum atomic E-state index is -4.10. The van der Waals surface area contributed by atoms with Crippen molar-refractivity contribution in [2.75, 3.05) is 0 Å². The third kappa shape index (κ3) is 2.72. The molecule has 0 radical (unpaired) electrons. The standard InChI is InChI=1S/C13H25F3/c1-6-10(7-2)12(5,13(14,15)16)11(8-3)9-4/h10-11H,6-9H2,1-5H3. The van der Waals surface area contributed by atoms with Crippen molar-refractivity contribution >= 4 is 0 Å². The Morgan fingerprint density at radius 2 is 1.00 bits per heavy atom. The van der Waals surface area contributed by atoms with Crippen LogP contribution in [0.25, 0.3) is 0 Å². The first-order valence-corrected chi connectivity index (χ1v) is 6.36. The molecule has 0 aliphatic heterocycles. The van der Waals surface area contributed by atoms with Crippen molar-refractivity contribution < 1.29 is 13.2 Å². The Kier molecular flexibility index (Phi) is 5.85. The van der Waals surface area contributed by atoms with Crippen LogP contribution in [0.4, 0.5) is 13.2 Å². The summed E-state index contributed by atoms with van der Waals surface area (Å²) in [6.07, 6.45) is -1.70. The average Bonchev–Trinajstić information content (AvgIpc) is 2.19. The van der Waals surface area contributed by atoms with Crippen LogP contribution in [0, 0.1) is 17.3 Å². The Balaban J connectivity index is 5.33. The number of halogens is 3. The molecule has 0 saturated carbocycles. The van der Waals surface area contributed by atoms with Gasteiger partial charge in [0.05, 0.1) is 5.41 Å². The van der Waals surface area contributed by atoms with Crippen molar-refractivity contribution in [1.82, 2.24) is 0 Å². The molecular formula is C13H25F3. The van der Waals surface area contributed by atoms with Crippen molar-refractivity contribution in [3.05, 3.63) is 0 Å². The Bertz CT molecular complexity index is 176. The zero-order chi connectivity index (χ0) is 13.0. The second-order valence-electron chi connectivity index (χ2n) is 4.81. The topological polar surface area (TPSA) is 0 Å². The van der Waals surface area contributed by atoms with E-state index in [0.717, 1.165) is 0 Å². The van der Waals surface area contributed by atoms with Crippen molar-refractivity contribution in [1.29, 1.82) is 0 Å². The summed E-state index contributed by atoms with van der Waals surface area (Å²) in [5.41, 5.74) is -1.53. The fourth-order valence-electron chi connectivity index (χ4n) is 3.07. The lowest BCUT2D eigenvalue weighted by molar-refractivity contribution is -0.258. The molecule has 0 rings (SSSR count). The van der Waals surface area contributed by atoms with Crippen molar-refractivity contribution in [3.8, 4) is 0 Å². The van der Waals surface area contributed by atoms with Crippen LogP contribution in [-0.2, 0) is 0 Å². The van der Waals surface area contributed by atoms with Gasteiger partial charge in [-0.1, -0.05) is 60.3 Å². The predicted molar refractivity (Wildman–Crippen MR) is 62.3 cm³/mol. The van der Waals surface area contributed by atoms with Gasteiger partial charge in [0.1, 0.15) is 0 Å². The maximum Gasteiger partial charge on any atom is 0.394 e. The third-order valence-corrected chi connectivity index (χ3v) is 4.28. The Labute approximate surface area is 97.6 Å². The van der Waals surface area contributed by atoms with E-state index in [1.54, 1.807) is 0 Å². The number of rotatable bonds is 6. The fourth-order valence-corrected chi connectivity index (χ4v) is 3.07. The van der Waals surface area contributed by atoms with E-state index >= 15 is 0 Å². The van der Waals surface area contributed by atoms with E-state index in [9.17, 15) is 13.2 Å². The van der Waals surface area contributed by atoms with Gasteiger partial charge in [-0.15, -0.1) is 0 Å². The number of hydrogen-bond acceptors (Lipinski definition) is 0. The zero-order valence-electron chi connectivity index (χ0n) is 11.1. The SMILES string of the molecule is CCC(CC)C(C)(C(CC)CC)C(F)(F)F. The molecule has 0 spiro atoms. The van der Waals surface area contributed by atoms with Crippen LogP contribution in [0.15, 0.2) is 0 Å². The number of hydrogen-bond donors (Lipinski definition) is 0. The van der Waals surface area contributed by atoms with Gasteiger partial charge in [-0.05, 0) is 11.8 Å².